The Bertz CT molecular complexity index is 1310. The van der Waals surface area contributed by atoms with Gasteiger partial charge < -0.3 is 20.5 Å². The Morgan fingerprint density at radius 2 is 1.76 bits per heavy atom. The quantitative estimate of drug-likeness (QED) is 0.487. The molecule has 0 bridgehead atoms. The topological polar surface area (TPSA) is 99.8 Å². The van der Waals surface area contributed by atoms with Gasteiger partial charge in [-0.25, -0.2) is 19.9 Å². The van der Waals surface area contributed by atoms with Crippen LogP contribution in [0.1, 0.15) is 11.1 Å². The molecule has 3 N–H and O–H groups in total. The van der Waals surface area contributed by atoms with Crippen LogP contribution in [-0.4, -0.2) is 51.1 Å². The van der Waals surface area contributed by atoms with E-state index >= 15 is 0 Å². The Kier molecular flexibility index (Phi) is 5.03. The van der Waals surface area contributed by atoms with E-state index in [1.165, 1.54) is 12.3 Å². The summed E-state index contributed by atoms with van der Waals surface area (Å²) in [5.74, 6) is 1.31. The van der Waals surface area contributed by atoms with Crippen LogP contribution in [0.25, 0.3) is 22.6 Å². The summed E-state index contributed by atoms with van der Waals surface area (Å²) in [6.45, 7) is 3.66. The van der Waals surface area contributed by atoms with E-state index in [4.69, 9.17) is 5.73 Å². The molecule has 0 amide bonds. The van der Waals surface area contributed by atoms with Gasteiger partial charge in [-0.05, 0) is 36.8 Å². The fourth-order valence-corrected chi connectivity index (χ4v) is 3.97. The minimum Gasteiger partial charge on any atom is -0.382 e. The lowest BCUT2D eigenvalue weighted by Crippen LogP contribution is -2.47. The standard InChI is InChI=1S/C22H21F3N8/c1-13-4-5-15-16(11-13)30-20(29-15)18-19(26)28-12-17(31-18)32-7-9-33(10-8-32)21-14(22(23,24)25)3-2-6-27-21/h2-6,11-12H,7-10H2,1H3,(H2,26,28)(H,29,30). The number of fused-ring (bicyclic) bond motifs is 1. The smallest absolute Gasteiger partial charge is 0.382 e. The summed E-state index contributed by atoms with van der Waals surface area (Å²) in [7, 11) is 0. The van der Waals surface area contributed by atoms with Gasteiger partial charge in [0.1, 0.15) is 11.6 Å². The molecule has 1 aliphatic rings. The fraction of sp³-hybridized carbons (Fsp3) is 0.273. The van der Waals surface area contributed by atoms with Crippen LogP contribution >= 0.6 is 0 Å². The molecule has 1 aliphatic heterocycles. The number of aryl methyl sites for hydroxylation is 1. The van der Waals surface area contributed by atoms with Crippen molar-refractivity contribution in [1.29, 1.82) is 0 Å². The van der Waals surface area contributed by atoms with Crippen molar-refractivity contribution in [3.8, 4) is 11.5 Å². The average molecular weight is 454 g/mol. The van der Waals surface area contributed by atoms with E-state index in [1.54, 1.807) is 11.1 Å². The number of nitrogens with zero attached hydrogens (tertiary/aromatic N) is 6. The third-order valence-electron chi connectivity index (χ3n) is 5.65. The monoisotopic (exact) mass is 454 g/mol. The summed E-state index contributed by atoms with van der Waals surface area (Å²) < 4.78 is 40.1. The minimum atomic E-state index is -4.46. The summed E-state index contributed by atoms with van der Waals surface area (Å²) in [6.07, 6.45) is -1.50. The highest BCUT2D eigenvalue weighted by molar-refractivity contribution is 5.81. The van der Waals surface area contributed by atoms with E-state index in [2.05, 4.69) is 24.9 Å². The first kappa shape index (κ1) is 21.0. The van der Waals surface area contributed by atoms with Crippen molar-refractivity contribution < 1.29 is 13.2 Å². The zero-order valence-corrected chi connectivity index (χ0v) is 17.8. The predicted octanol–water partition coefficient (Wildman–Crippen LogP) is 3.65. The number of H-pyrrole nitrogens is 1. The number of halogens is 3. The first-order chi connectivity index (χ1) is 15.8. The lowest BCUT2D eigenvalue weighted by Gasteiger charge is -2.36. The number of aromatic amines is 1. The Morgan fingerprint density at radius 3 is 2.52 bits per heavy atom. The Hall–Kier alpha value is -3.89. The molecule has 0 unspecified atom stereocenters. The van der Waals surface area contributed by atoms with Gasteiger partial charge in [0.05, 0.1) is 22.8 Å². The minimum absolute atomic E-state index is 0.0497. The van der Waals surface area contributed by atoms with E-state index in [0.29, 0.717) is 43.5 Å². The van der Waals surface area contributed by atoms with Crippen LogP contribution in [-0.2, 0) is 6.18 Å². The highest BCUT2D eigenvalue weighted by atomic mass is 19.4. The van der Waals surface area contributed by atoms with Crippen LogP contribution in [0.2, 0.25) is 0 Å². The van der Waals surface area contributed by atoms with Crippen molar-refractivity contribution in [3.05, 3.63) is 53.9 Å². The van der Waals surface area contributed by atoms with E-state index in [1.807, 2.05) is 30.0 Å². The van der Waals surface area contributed by atoms with Crippen molar-refractivity contribution in [2.24, 2.45) is 0 Å². The first-order valence-electron chi connectivity index (χ1n) is 10.4. The van der Waals surface area contributed by atoms with Gasteiger partial charge in [-0.2, -0.15) is 13.2 Å². The van der Waals surface area contributed by atoms with Crippen LogP contribution in [0.15, 0.2) is 42.7 Å². The average Bonchev–Trinajstić information content (AvgIpc) is 3.22. The van der Waals surface area contributed by atoms with Gasteiger partial charge in [0.25, 0.3) is 0 Å². The molecule has 4 heterocycles. The van der Waals surface area contributed by atoms with Crippen molar-refractivity contribution in [2.75, 3.05) is 41.7 Å². The van der Waals surface area contributed by atoms with Crippen molar-refractivity contribution >= 4 is 28.5 Å². The Morgan fingerprint density at radius 1 is 1.00 bits per heavy atom. The maximum atomic E-state index is 13.4. The molecule has 0 spiro atoms. The van der Waals surface area contributed by atoms with Crippen molar-refractivity contribution in [2.45, 2.75) is 13.1 Å². The van der Waals surface area contributed by atoms with Gasteiger partial charge in [-0.3, -0.25) is 0 Å². The number of pyridine rings is 1. The predicted molar refractivity (Wildman–Crippen MR) is 120 cm³/mol. The number of anilines is 3. The highest BCUT2D eigenvalue weighted by Gasteiger charge is 2.36. The van der Waals surface area contributed by atoms with Gasteiger partial charge in [0, 0.05) is 32.4 Å². The lowest BCUT2D eigenvalue weighted by molar-refractivity contribution is -0.137. The molecule has 0 aliphatic carbocycles. The molecular weight excluding hydrogens is 433 g/mol. The van der Waals surface area contributed by atoms with Gasteiger partial charge in [0.2, 0.25) is 0 Å². The van der Waals surface area contributed by atoms with Gasteiger partial charge in [0.15, 0.2) is 17.3 Å². The molecule has 170 valence electrons. The van der Waals surface area contributed by atoms with Crippen LogP contribution in [0.4, 0.5) is 30.6 Å². The summed E-state index contributed by atoms with van der Waals surface area (Å²) in [5.41, 5.74) is 8.57. The van der Waals surface area contributed by atoms with E-state index in [-0.39, 0.29) is 11.6 Å². The number of hydrogen-bond donors (Lipinski definition) is 2. The zero-order chi connectivity index (χ0) is 23.2. The molecule has 8 nitrogen and oxygen atoms in total. The third kappa shape index (κ3) is 4.01. The number of hydrogen-bond acceptors (Lipinski definition) is 7. The second-order valence-electron chi connectivity index (χ2n) is 7.91. The van der Waals surface area contributed by atoms with E-state index < -0.39 is 11.7 Å². The second-order valence-corrected chi connectivity index (χ2v) is 7.91. The molecule has 0 radical (unpaired) electrons. The lowest BCUT2D eigenvalue weighted by atomic mass is 10.2. The molecule has 1 fully saturated rings. The second kappa shape index (κ2) is 7.91. The number of rotatable bonds is 3. The van der Waals surface area contributed by atoms with E-state index in [9.17, 15) is 13.2 Å². The van der Waals surface area contributed by atoms with Crippen LogP contribution in [0.5, 0.6) is 0 Å². The van der Waals surface area contributed by atoms with Gasteiger partial charge in [-0.15, -0.1) is 0 Å². The fourth-order valence-electron chi connectivity index (χ4n) is 3.97. The number of piperazine rings is 1. The van der Waals surface area contributed by atoms with Gasteiger partial charge >= 0.3 is 6.18 Å². The summed E-state index contributed by atoms with van der Waals surface area (Å²) in [5, 5.41) is 0. The number of nitrogen functional groups attached to an aromatic ring is 1. The molecule has 1 aromatic carbocycles. The molecule has 1 saturated heterocycles. The molecule has 11 heteroatoms. The summed E-state index contributed by atoms with van der Waals surface area (Å²) in [6, 6.07) is 8.24. The third-order valence-corrected chi connectivity index (χ3v) is 5.65. The molecule has 5 rings (SSSR count). The maximum absolute atomic E-state index is 13.4. The van der Waals surface area contributed by atoms with Gasteiger partial charge in [-0.1, -0.05) is 6.07 Å². The van der Waals surface area contributed by atoms with Crippen LogP contribution < -0.4 is 15.5 Å². The SMILES string of the molecule is Cc1ccc2nc(-c3nc(N4CCN(c5ncccc5C(F)(F)F)CC4)cnc3N)[nH]c2c1. The molecule has 4 aromatic rings. The normalized spacial score (nSPS) is 14.8. The van der Waals surface area contributed by atoms with Crippen molar-refractivity contribution in [3.63, 3.8) is 0 Å². The number of nitrogens with one attached hydrogen (secondary N) is 1. The van der Waals surface area contributed by atoms with Crippen LogP contribution in [0, 0.1) is 6.92 Å². The number of imidazole rings is 1. The number of aromatic nitrogens is 5. The number of alkyl halides is 3. The zero-order valence-electron chi connectivity index (χ0n) is 17.8. The molecular formula is C22H21F3N8. The first-order valence-corrected chi connectivity index (χ1v) is 10.4. The maximum Gasteiger partial charge on any atom is 0.419 e. The Balaban J connectivity index is 1.38. The number of benzene rings is 1. The Labute approximate surface area is 187 Å². The van der Waals surface area contributed by atoms with E-state index in [0.717, 1.165) is 22.7 Å². The summed E-state index contributed by atoms with van der Waals surface area (Å²) >= 11 is 0. The highest BCUT2D eigenvalue weighted by Crippen LogP contribution is 2.35. The molecule has 0 saturated carbocycles. The van der Waals surface area contributed by atoms with Crippen molar-refractivity contribution in [1.82, 2.24) is 24.9 Å². The van der Waals surface area contributed by atoms with Crippen LogP contribution in [0.3, 0.4) is 0 Å². The largest absolute Gasteiger partial charge is 0.419 e. The summed E-state index contributed by atoms with van der Waals surface area (Å²) in [4.78, 5) is 24.4. The number of nitrogens with two attached hydrogens (primary N) is 1. The molecule has 33 heavy (non-hydrogen) atoms. The molecule has 3 aromatic heterocycles. The molecule has 0 atom stereocenters.